The lowest BCUT2D eigenvalue weighted by Gasteiger charge is -2.25. The first kappa shape index (κ1) is 20.8. The van der Waals surface area contributed by atoms with E-state index in [1.165, 1.54) is 6.92 Å². The molecule has 0 spiro atoms. The van der Waals surface area contributed by atoms with Gasteiger partial charge in [-0.15, -0.1) is 0 Å². The predicted octanol–water partition coefficient (Wildman–Crippen LogP) is -2.12. The number of amides is 2. The van der Waals surface area contributed by atoms with Gasteiger partial charge in [0.1, 0.15) is 6.04 Å². The Morgan fingerprint density at radius 2 is 1.43 bits per heavy atom. The van der Waals surface area contributed by atoms with Crippen LogP contribution in [0.5, 0.6) is 0 Å². The molecule has 10 nitrogen and oxygen atoms in total. The minimum absolute atomic E-state index is 0.417. The first-order valence-electron chi connectivity index (χ1n) is 6.96. The first-order valence-corrected chi connectivity index (χ1v) is 6.96. The van der Waals surface area contributed by atoms with Crippen LogP contribution in [0.25, 0.3) is 0 Å². The lowest BCUT2D eigenvalue weighted by Crippen LogP contribution is -2.58. The van der Waals surface area contributed by atoms with Crippen molar-refractivity contribution in [1.82, 2.24) is 10.6 Å². The van der Waals surface area contributed by atoms with Gasteiger partial charge in [-0.3, -0.25) is 14.4 Å². The van der Waals surface area contributed by atoms with Crippen molar-refractivity contribution in [3.05, 3.63) is 0 Å². The molecule has 0 aliphatic carbocycles. The van der Waals surface area contributed by atoms with Crippen molar-refractivity contribution in [3.8, 4) is 0 Å². The van der Waals surface area contributed by atoms with E-state index in [1.807, 2.05) is 0 Å². The highest BCUT2D eigenvalue weighted by Gasteiger charge is 2.32. The third kappa shape index (κ3) is 7.06. The predicted molar refractivity (Wildman–Crippen MR) is 78.2 cm³/mol. The molecule has 0 aliphatic heterocycles. The highest BCUT2D eigenvalue weighted by Crippen LogP contribution is 2.05. The van der Waals surface area contributed by atoms with E-state index in [2.05, 4.69) is 10.6 Å². The largest absolute Gasteiger partial charge is 0.481 e. The molecule has 0 radical (unpaired) electrons. The summed E-state index contributed by atoms with van der Waals surface area (Å²) in [6.45, 7) is 4.40. The molecule has 132 valence electrons. The smallest absolute Gasteiger partial charge is 0.328 e. The van der Waals surface area contributed by atoms with Crippen LogP contribution in [0.2, 0.25) is 0 Å². The van der Waals surface area contributed by atoms with Crippen molar-refractivity contribution in [2.45, 2.75) is 51.4 Å². The summed E-state index contributed by atoms with van der Waals surface area (Å²) in [4.78, 5) is 45.4. The Morgan fingerprint density at radius 3 is 1.78 bits per heavy atom. The Bertz CT molecular complexity index is 464. The van der Waals surface area contributed by atoms with Gasteiger partial charge in [0.15, 0.2) is 6.04 Å². The second-order valence-corrected chi connectivity index (χ2v) is 5.50. The van der Waals surface area contributed by atoms with Gasteiger partial charge in [-0.05, 0) is 12.8 Å². The van der Waals surface area contributed by atoms with E-state index >= 15 is 0 Å². The van der Waals surface area contributed by atoms with E-state index in [9.17, 15) is 24.3 Å². The lowest BCUT2D eigenvalue weighted by molar-refractivity contribution is -0.145. The highest BCUT2D eigenvalue weighted by atomic mass is 16.4. The summed E-state index contributed by atoms with van der Waals surface area (Å²) >= 11 is 0. The molecular formula is C13H23N3O7. The Morgan fingerprint density at radius 1 is 0.957 bits per heavy atom. The van der Waals surface area contributed by atoms with Crippen molar-refractivity contribution in [3.63, 3.8) is 0 Å². The van der Waals surface area contributed by atoms with Crippen LogP contribution in [-0.4, -0.2) is 63.3 Å². The Kier molecular flexibility index (Phi) is 8.19. The maximum Gasteiger partial charge on any atom is 0.328 e. The molecule has 0 rings (SSSR count). The van der Waals surface area contributed by atoms with Crippen molar-refractivity contribution in [1.29, 1.82) is 0 Å². The average molecular weight is 333 g/mol. The third-order valence-electron chi connectivity index (χ3n) is 3.02. The zero-order valence-corrected chi connectivity index (χ0v) is 13.1. The molecule has 0 aromatic carbocycles. The van der Waals surface area contributed by atoms with Gasteiger partial charge in [0.25, 0.3) is 0 Å². The molecule has 10 heteroatoms. The molecule has 0 bridgehead atoms. The number of carbonyl (C=O) groups excluding carboxylic acids is 2. The van der Waals surface area contributed by atoms with Crippen LogP contribution >= 0.6 is 0 Å². The summed E-state index contributed by atoms with van der Waals surface area (Å²) in [6.07, 6.45) is -1.95. The number of aliphatic hydroxyl groups excluding tert-OH is 1. The Hall–Kier alpha value is -2.20. The van der Waals surface area contributed by atoms with Gasteiger partial charge in [-0.1, -0.05) is 13.8 Å². The number of nitrogens with one attached hydrogen (secondary N) is 2. The van der Waals surface area contributed by atoms with E-state index in [0.717, 1.165) is 0 Å². The van der Waals surface area contributed by atoms with Crippen molar-refractivity contribution in [2.75, 3.05) is 0 Å². The molecule has 2 amide bonds. The highest BCUT2D eigenvalue weighted by molar-refractivity contribution is 5.93. The first-order chi connectivity index (χ1) is 10.5. The second-order valence-electron chi connectivity index (χ2n) is 5.50. The van der Waals surface area contributed by atoms with Crippen LogP contribution < -0.4 is 16.4 Å². The summed E-state index contributed by atoms with van der Waals surface area (Å²) in [7, 11) is 0. The molecule has 0 aromatic heterocycles. The van der Waals surface area contributed by atoms with E-state index in [0.29, 0.717) is 0 Å². The summed E-state index contributed by atoms with van der Waals surface area (Å²) < 4.78 is 0. The van der Waals surface area contributed by atoms with Gasteiger partial charge in [-0.25, -0.2) is 4.79 Å². The standard InChI is InChI=1S/C13H23N3O7/c1-5(2)9(15-11(20)7(14)4-8(18)19)12(21)16-10(6(3)17)13(22)23/h5-7,9-10,17H,4,14H2,1-3H3,(H,15,20)(H,16,21)(H,18,19)(H,22,23). The van der Waals surface area contributed by atoms with Crippen molar-refractivity contribution < 1.29 is 34.5 Å². The molecule has 23 heavy (non-hydrogen) atoms. The zero-order chi connectivity index (χ0) is 18.3. The van der Waals surface area contributed by atoms with Crippen LogP contribution in [0.15, 0.2) is 0 Å². The van der Waals surface area contributed by atoms with E-state index in [1.54, 1.807) is 13.8 Å². The van der Waals surface area contributed by atoms with Crippen molar-refractivity contribution in [2.24, 2.45) is 11.7 Å². The van der Waals surface area contributed by atoms with Crippen molar-refractivity contribution >= 4 is 23.8 Å². The molecule has 4 unspecified atom stereocenters. The Balaban J connectivity index is 4.97. The van der Waals surface area contributed by atoms with Gasteiger partial charge in [-0.2, -0.15) is 0 Å². The van der Waals surface area contributed by atoms with Gasteiger partial charge < -0.3 is 31.7 Å². The molecule has 0 saturated carbocycles. The number of aliphatic carboxylic acids is 2. The molecular weight excluding hydrogens is 310 g/mol. The SMILES string of the molecule is CC(C)C(NC(=O)C(N)CC(=O)O)C(=O)NC(C(=O)O)C(C)O. The van der Waals surface area contributed by atoms with E-state index in [-0.39, 0.29) is 0 Å². The van der Waals surface area contributed by atoms with Crippen LogP contribution in [0.4, 0.5) is 0 Å². The fraction of sp³-hybridized carbons (Fsp3) is 0.692. The summed E-state index contributed by atoms with van der Waals surface area (Å²) in [5, 5.41) is 31.3. The molecule has 4 atom stereocenters. The fourth-order valence-corrected chi connectivity index (χ4v) is 1.71. The minimum Gasteiger partial charge on any atom is -0.481 e. The number of carbonyl (C=O) groups is 4. The maximum atomic E-state index is 12.1. The number of carboxylic acid groups (broad SMARTS) is 2. The fourth-order valence-electron chi connectivity index (χ4n) is 1.71. The van der Waals surface area contributed by atoms with Crippen LogP contribution in [0.3, 0.4) is 0 Å². The molecule has 0 saturated heterocycles. The minimum atomic E-state index is -1.53. The van der Waals surface area contributed by atoms with Crippen LogP contribution in [-0.2, 0) is 19.2 Å². The summed E-state index contributed by atoms with van der Waals surface area (Å²) in [5.41, 5.74) is 5.41. The zero-order valence-electron chi connectivity index (χ0n) is 13.1. The number of rotatable bonds is 9. The summed E-state index contributed by atoms with van der Waals surface area (Å²) in [5.74, 6) is -4.77. The van der Waals surface area contributed by atoms with Gasteiger partial charge in [0.05, 0.1) is 18.6 Å². The average Bonchev–Trinajstić information content (AvgIpc) is 2.39. The van der Waals surface area contributed by atoms with Crippen LogP contribution in [0, 0.1) is 5.92 Å². The third-order valence-corrected chi connectivity index (χ3v) is 3.02. The molecule has 0 aromatic rings. The van der Waals surface area contributed by atoms with E-state index in [4.69, 9.17) is 15.9 Å². The molecule has 7 N–H and O–H groups in total. The normalized spacial score (nSPS) is 16.1. The number of nitrogens with two attached hydrogens (primary N) is 1. The van der Waals surface area contributed by atoms with Gasteiger partial charge in [0, 0.05) is 0 Å². The van der Waals surface area contributed by atoms with Gasteiger partial charge >= 0.3 is 11.9 Å². The lowest BCUT2D eigenvalue weighted by atomic mass is 10.0. The van der Waals surface area contributed by atoms with Crippen LogP contribution in [0.1, 0.15) is 27.2 Å². The maximum absolute atomic E-state index is 12.1. The number of aliphatic hydroxyl groups is 1. The number of hydrogen-bond donors (Lipinski definition) is 6. The second kappa shape index (κ2) is 9.06. The molecule has 0 fully saturated rings. The molecule has 0 heterocycles. The molecule has 0 aliphatic rings. The van der Waals surface area contributed by atoms with E-state index < -0.39 is 60.3 Å². The number of hydrogen-bond acceptors (Lipinski definition) is 6. The summed E-state index contributed by atoms with van der Waals surface area (Å²) in [6, 6.07) is -4.00. The quantitative estimate of drug-likeness (QED) is 0.277. The Labute approximate surface area is 133 Å². The van der Waals surface area contributed by atoms with Gasteiger partial charge in [0.2, 0.25) is 11.8 Å². The number of carboxylic acids is 2. The monoisotopic (exact) mass is 333 g/mol. The topological polar surface area (TPSA) is 179 Å².